The first-order valence-corrected chi connectivity index (χ1v) is 13.6. The maximum absolute atomic E-state index is 13.0. The van der Waals surface area contributed by atoms with Gasteiger partial charge in [0.25, 0.3) is 0 Å². The van der Waals surface area contributed by atoms with E-state index in [1.165, 1.54) is 10.5 Å². The van der Waals surface area contributed by atoms with Crippen LogP contribution in [0.2, 0.25) is 0 Å². The monoisotopic (exact) mass is 495 g/mol. The molecule has 3 aliphatic rings. The van der Waals surface area contributed by atoms with Crippen molar-refractivity contribution in [2.75, 3.05) is 31.3 Å². The van der Waals surface area contributed by atoms with Gasteiger partial charge in [-0.1, -0.05) is 30.3 Å². The number of rotatable bonds is 7. The van der Waals surface area contributed by atoms with E-state index in [0.29, 0.717) is 19.4 Å². The van der Waals surface area contributed by atoms with Gasteiger partial charge in [-0.3, -0.25) is 9.59 Å². The Morgan fingerprint density at radius 1 is 1.23 bits per heavy atom. The van der Waals surface area contributed by atoms with Gasteiger partial charge in [0, 0.05) is 35.5 Å². The SMILES string of the molecule is CSc1ccccc1[C@H]1CCCN1C(=O)CNC(=O)CCc1ccc2c(c1)C1C[C@@H](N2)[C@H](O)CO1. The predicted octanol–water partition coefficient (Wildman–Crippen LogP) is 3.44. The molecule has 7 nitrogen and oxygen atoms in total. The number of anilines is 1. The Kier molecular flexibility index (Phi) is 7.32. The highest BCUT2D eigenvalue weighted by molar-refractivity contribution is 7.98. The summed E-state index contributed by atoms with van der Waals surface area (Å²) in [6, 6.07) is 14.5. The fraction of sp³-hybridized carbons (Fsp3) is 0.481. The normalized spacial score (nSPS) is 25.0. The number of carbonyl (C=O) groups is 2. The van der Waals surface area contributed by atoms with Gasteiger partial charge in [-0.2, -0.15) is 0 Å². The number of nitrogens with one attached hydrogen (secondary N) is 2. The maximum Gasteiger partial charge on any atom is 0.242 e. The van der Waals surface area contributed by atoms with Crippen LogP contribution in [0, 0.1) is 0 Å². The smallest absolute Gasteiger partial charge is 0.242 e. The molecule has 0 spiro atoms. The van der Waals surface area contributed by atoms with Crippen LogP contribution in [-0.2, 0) is 20.7 Å². The number of ether oxygens (including phenoxy) is 1. The van der Waals surface area contributed by atoms with Crippen molar-refractivity contribution in [3.05, 3.63) is 59.2 Å². The summed E-state index contributed by atoms with van der Waals surface area (Å²) >= 11 is 1.70. The molecule has 3 N–H and O–H groups in total. The van der Waals surface area contributed by atoms with Gasteiger partial charge >= 0.3 is 0 Å². The fourth-order valence-corrected chi connectivity index (χ4v) is 6.13. The van der Waals surface area contributed by atoms with Gasteiger partial charge in [-0.25, -0.2) is 0 Å². The minimum absolute atomic E-state index is 0.0179. The van der Waals surface area contributed by atoms with Crippen molar-refractivity contribution in [2.24, 2.45) is 0 Å². The Morgan fingerprint density at radius 3 is 2.94 bits per heavy atom. The average molecular weight is 496 g/mol. The van der Waals surface area contributed by atoms with E-state index in [0.717, 1.165) is 42.6 Å². The van der Waals surface area contributed by atoms with Crippen LogP contribution in [0.25, 0.3) is 0 Å². The molecule has 3 aliphatic heterocycles. The number of aryl methyl sites for hydroxylation is 1. The molecule has 3 heterocycles. The largest absolute Gasteiger partial charge is 0.389 e. The third kappa shape index (κ3) is 5.20. The standard InChI is InChI=1S/C27H33N3O4S/c1-35-25-7-3-2-5-18(25)22-6-4-12-30(22)27(33)15-28-26(32)11-9-17-8-10-20-19(13-17)24-14-21(29-20)23(31)16-34-24/h2-3,5,7-8,10,13,21-24,29,31H,4,6,9,11-12,14-16H2,1H3,(H,28,32)/t21-,22-,23-,24?/m1/s1. The van der Waals surface area contributed by atoms with Gasteiger partial charge in [-0.05, 0) is 48.8 Å². The quantitative estimate of drug-likeness (QED) is 0.510. The molecule has 4 atom stereocenters. The number of hydrogen-bond acceptors (Lipinski definition) is 6. The van der Waals surface area contributed by atoms with Crippen molar-refractivity contribution in [1.29, 1.82) is 0 Å². The molecule has 35 heavy (non-hydrogen) atoms. The number of amides is 2. The van der Waals surface area contributed by atoms with Crippen LogP contribution >= 0.6 is 11.8 Å². The second-order valence-electron chi connectivity index (χ2n) is 9.56. The van der Waals surface area contributed by atoms with E-state index in [9.17, 15) is 14.7 Å². The third-order valence-electron chi connectivity index (χ3n) is 7.35. The second-order valence-corrected chi connectivity index (χ2v) is 10.4. The number of hydrogen-bond donors (Lipinski definition) is 3. The van der Waals surface area contributed by atoms with Gasteiger partial charge in [0.1, 0.15) is 0 Å². The summed E-state index contributed by atoms with van der Waals surface area (Å²) in [5, 5.41) is 16.3. The number of likely N-dealkylation sites (tertiary alicyclic amines) is 1. The predicted molar refractivity (Wildman–Crippen MR) is 136 cm³/mol. The molecule has 8 heteroatoms. The number of thioether (sulfide) groups is 1. The molecule has 2 fully saturated rings. The molecule has 2 bridgehead atoms. The molecule has 0 aromatic heterocycles. The highest BCUT2D eigenvalue weighted by Gasteiger charge is 2.36. The van der Waals surface area contributed by atoms with Gasteiger partial charge in [0.2, 0.25) is 11.8 Å². The van der Waals surface area contributed by atoms with Gasteiger partial charge in [0.05, 0.1) is 37.4 Å². The topological polar surface area (TPSA) is 90.9 Å². The molecule has 0 saturated carbocycles. The zero-order chi connectivity index (χ0) is 24.4. The molecular weight excluding hydrogens is 462 g/mol. The summed E-state index contributed by atoms with van der Waals surface area (Å²) in [4.78, 5) is 28.6. The van der Waals surface area contributed by atoms with Crippen LogP contribution in [0.4, 0.5) is 5.69 Å². The van der Waals surface area contributed by atoms with Crippen LogP contribution in [0.3, 0.4) is 0 Å². The highest BCUT2D eigenvalue weighted by Crippen LogP contribution is 2.40. The third-order valence-corrected chi connectivity index (χ3v) is 8.16. The van der Waals surface area contributed by atoms with Crippen LogP contribution in [-0.4, -0.2) is 59.9 Å². The Hall–Kier alpha value is -2.55. The van der Waals surface area contributed by atoms with E-state index in [-0.39, 0.29) is 36.5 Å². The molecular formula is C27H33N3O4S. The van der Waals surface area contributed by atoms with Crippen molar-refractivity contribution in [2.45, 2.75) is 61.3 Å². The van der Waals surface area contributed by atoms with E-state index >= 15 is 0 Å². The number of nitrogens with zero attached hydrogens (tertiary/aromatic N) is 1. The lowest BCUT2D eigenvalue weighted by atomic mass is 9.88. The minimum atomic E-state index is -0.485. The number of benzene rings is 2. The zero-order valence-electron chi connectivity index (χ0n) is 20.0. The molecule has 0 aliphatic carbocycles. The second kappa shape index (κ2) is 10.6. The van der Waals surface area contributed by atoms with Crippen molar-refractivity contribution in [3.8, 4) is 0 Å². The lowest BCUT2D eigenvalue weighted by Crippen LogP contribution is -2.45. The minimum Gasteiger partial charge on any atom is -0.389 e. The van der Waals surface area contributed by atoms with E-state index in [1.807, 2.05) is 29.2 Å². The summed E-state index contributed by atoms with van der Waals surface area (Å²) in [7, 11) is 0. The van der Waals surface area contributed by atoms with Crippen molar-refractivity contribution < 1.29 is 19.4 Å². The van der Waals surface area contributed by atoms with E-state index in [4.69, 9.17) is 4.74 Å². The Labute approximate surface area is 210 Å². The number of carbonyl (C=O) groups excluding carboxylic acids is 2. The molecule has 5 rings (SSSR count). The van der Waals surface area contributed by atoms with Gasteiger partial charge in [-0.15, -0.1) is 11.8 Å². The number of fused-ring (bicyclic) bond motifs is 4. The van der Waals surface area contributed by atoms with Crippen molar-refractivity contribution in [3.63, 3.8) is 0 Å². The van der Waals surface area contributed by atoms with E-state index < -0.39 is 6.10 Å². The Morgan fingerprint density at radius 2 is 2.09 bits per heavy atom. The molecule has 2 aromatic carbocycles. The summed E-state index contributed by atoms with van der Waals surface area (Å²) in [5.74, 6) is -0.144. The summed E-state index contributed by atoms with van der Waals surface area (Å²) in [6.45, 7) is 1.10. The fourth-order valence-electron chi connectivity index (χ4n) is 5.48. The van der Waals surface area contributed by atoms with Crippen LogP contribution in [0.1, 0.15) is 54.5 Å². The maximum atomic E-state index is 13.0. The number of aliphatic hydroxyl groups is 1. The van der Waals surface area contributed by atoms with Crippen molar-refractivity contribution >= 4 is 29.3 Å². The molecule has 0 radical (unpaired) electrons. The lowest BCUT2D eigenvalue weighted by Gasteiger charge is -2.40. The molecule has 186 valence electrons. The van der Waals surface area contributed by atoms with Crippen LogP contribution in [0.5, 0.6) is 0 Å². The van der Waals surface area contributed by atoms with Crippen molar-refractivity contribution in [1.82, 2.24) is 10.2 Å². The molecule has 1 unspecified atom stereocenters. The Balaban J connectivity index is 1.14. The zero-order valence-corrected chi connectivity index (χ0v) is 20.9. The molecule has 2 amide bonds. The summed E-state index contributed by atoms with van der Waals surface area (Å²) < 4.78 is 5.82. The Bertz CT molecular complexity index is 1090. The van der Waals surface area contributed by atoms with Crippen LogP contribution in [0.15, 0.2) is 47.4 Å². The first-order chi connectivity index (χ1) is 17.0. The number of aliphatic hydroxyl groups excluding tert-OH is 1. The first-order valence-electron chi connectivity index (χ1n) is 12.4. The van der Waals surface area contributed by atoms with Crippen LogP contribution < -0.4 is 10.6 Å². The van der Waals surface area contributed by atoms with Gasteiger partial charge < -0.3 is 25.4 Å². The molecule has 2 aromatic rings. The van der Waals surface area contributed by atoms with Gasteiger partial charge in [0.15, 0.2) is 0 Å². The lowest BCUT2D eigenvalue weighted by molar-refractivity contribution is -0.133. The average Bonchev–Trinajstić information content (AvgIpc) is 3.38. The summed E-state index contributed by atoms with van der Waals surface area (Å²) in [6.07, 6.45) is 5.16. The van der Waals surface area contributed by atoms with E-state index in [1.54, 1.807) is 11.8 Å². The summed E-state index contributed by atoms with van der Waals surface area (Å²) in [5.41, 5.74) is 4.34. The molecule has 2 saturated heterocycles. The highest BCUT2D eigenvalue weighted by atomic mass is 32.2. The first kappa shape index (κ1) is 24.2. The van der Waals surface area contributed by atoms with E-state index in [2.05, 4.69) is 35.1 Å².